The van der Waals surface area contributed by atoms with Gasteiger partial charge in [-0.2, -0.15) is 0 Å². The molecule has 2 nitrogen and oxygen atoms in total. The van der Waals surface area contributed by atoms with Crippen molar-refractivity contribution in [3.05, 3.63) is 65.2 Å². The molecule has 1 aliphatic rings. The first kappa shape index (κ1) is 14.2. The van der Waals surface area contributed by atoms with E-state index in [1.54, 1.807) is 7.11 Å². The van der Waals surface area contributed by atoms with Crippen molar-refractivity contribution >= 4 is 0 Å². The molecule has 0 spiro atoms. The van der Waals surface area contributed by atoms with E-state index in [0.717, 1.165) is 5.75 Å². The minimum Gasteiger partial charge on any atom is -0.496 e. The van der Waals surface area contributed by atoms with E-state index in [0.29, 0.717) is 0 Å². The Morgan fingerprint density at radius 2 is 1.81 bits per heavy atom. The third-order valence-electron chi connectivity index (χ3n) is 4.67. The zero-order valence-electron chi connectivity index (χ0n) is 13.0. The number of rotatable bonds is 5. The van der Waals surface area contributed by atoms with Crippen LogP contribution in [0.25, 0.3) is 0 Å². The molecule has 2 heteroatoms. The van der Waals surface area contributed by atoms with Gasteiger partial charge in [0.15, 0.2) is 0 Å². The van der Waals surface area contributed by atoms with Crippen molar-refractivity contribution in [1.82, 2.24) is 5.32 Å². The van der Waals surface area contributed by atoms with Crippen LogP contribution in [-0.4, -0.2) is 14.2 Å². The van der Waals surface area contributed by atoms with E-state index in [4.69, 9.17) is 4.74 Å². The van der Waals surface area contributed by atoms with Gasteiger partial charge in [-0.1, -0.05) is 48.0 Å². The lowest BCUT2D eigenvalue weighted by Crippen LogP contribution is -2.30. The van der Waals surface area contributed by atoms with Crippen LogP contribution in [0, 0.1) is 6.92 Å². The van der Waals surface area contributed by atoms with Gasteiger partial charge in [0, 0.05) is 17.0 Å². The molecule has 0 amide bonds. The second kappa shape index (κ2) is 5.53. The molecule has 0 radical (unpaired) electrons. The molecule has 1 fully saturated rings. The fraction of sp³-hybridized carbons (Fsp3) is 0.368. The van der Waals surface area contributed by atoms with E-state index < -0.39 is 0 Å². The highest BCUT2D eigenvalue weighted by atomic mass is 16.5. The number of methoxy groups -OCH3 is 1. The molecule has 0 aliphatic heterocycles. The summed E-state index contributed by atoms with van der Waals surface area (Å²) in [5, 5.41) is 3.54. The molecule has 1 aliphatic carbocycles. The first-order chi connectivity index (χ1) is 10.2. The number of likely N-dealkylation sites (N-methyl/N-ethyl adjacent to an activating group) is 1. The van der Waals surface area contributed by atoms with E-state index in [9.17, 15) is 0 Å². The summed E-state index contributed by atoms with van der Waals surface area (Å²) in [4.78, 5) is 0. The SMILES string of the molecule is CNC(c1cc(C)ccc1OC)C1(c2ccccc2)CC1. The van der Waals surface area contributed by atoms with E-state index in [1.165, 1.54) is 29.5 Å². The predicted octanol–water partition coefficient (Wildman–Crippen LogP) is 4.00. The number of benzene rings is 2. The summed E-state index contributed by atoms with van der Waals surface area (Å²) in [5.74, 6) is 0.974. The monoisotopic (exact) mass is 281 g/mol. The first-order valence-electron chi connectivity index (χ1n) is 7.58. The Balaban J connectivity index is 2.05. The fourth-order valence-corrected chi connectivity index (χ4v) is 3.46. The molecular weight excluding hydrogens is 258 g/mol. The summed E-state index contributed by atoms with van der Waals surface area (Å²) in [6, 6.07) is 17.6. The third kappa shape index (κ3) is 2.44. The summed E-state index contributed by atoms with van der Waals surface area (Å²) in [5.41, 5.74) is 4.17. The predicted molar refractivity (Wildman–Crippen MR) is 86.9 cm³/mol. The number of nitrogens with one attached hydrogen (secondary N) is 1. The van der Waals surface area contributed by atoms with Crippen LogP contribution in [0.15, 0.2) is 48.5 Å². The average Bonchev–Trinajstić information content (AvgIpc) is 3.31. The van der Waals surface area contributed by atoms with Crippen molar-refractivity contribution in [3.63, 3.8) is 0 Å². The van der Waals surface area contributed by atoms with E-state index in [1.807, 2.05) is 0 Å². The van der Waals surface area contributed by atoms with Gasteiger partial charge in [0.1, 0.15) is 5.75 Å². The number of ether oxygens (including phenoxy) is 1. The van der Waals surface area contributed by atoms with Gasteiger partial charge < -0.3 is 10.1 Å². The molecule has 0 heterocycles. The van der Waals surface area contributed by atoms with E-state index >= 15 is 0 Å². The Labute approximate surface area is 127 Å². The van der Waals surface area contributed by atoms with Crippen LogP contribution in [0.5, 0.6) is 5.75 Å². The average molecular weight is 281 g/mol. The largest absolute Gasteiger partial charge is 0.496 e. The Hall–Kier alpha value is -1.80. The van der Waals surface area contributed by atoms with Crippen molar-refractivity contribution in [2.45, 2.75) is 31.2 Å². The minimum absolute atomic E-state index is 0.205. The second-order valence-corrected chi connectivity index (χ2v) is 5.99. The van der Waals surface area contributed by atoms with Crippen LogP contribution in [0.1, 0.15) is 35.6 Å². The molecule has 2 aromatic carbocycles. The standard InChI is InChI=1S/C19H23NO/c1-14-9-10-17(21-3)16(13-14)18(20-2)19(11-12-19)15-7-5-4-6-8-15/h4-10,13,18,20H,11-12H2,1-3H3. The summed E-state index contributed by atoms with van der Waals surface area (Å²) in [6.07, 6.45) is 2.44. The molecule has 1 saturated carbocycles. The molecule has 1 N–H and O–H groups in total. The van der Waals surface area contributed by atoms with Crippen LogP contribution in [0.4, 0.5) is 0 Å². The summed E-state index contributed by atoms with van der Waals surface area (Å²) < 4.78 is 5.60. The van der Waals surface area contributed by atoms with Gasteiger partial charge in [0.05, 0.1) is 7.11 Å². The van der Waals surface area contributed by atoms with Crippen molar-refractivity contribution in [1.29, 1.82) is 0 Å². The Morgan fingerprint density at radius 3 is 2.38 bits per heavy atom. The van der Waals surface area contributed by atoms with E-state index in [2.05, 4.69) is 67.8 Å². The second-order valence-electron chi connectivity index (χ2n) is 5.99. The van der Waals surface area contributed by atoms with Gasteiger partial charge in [0.2, 0.25) is 0 Å². The van der Waals surface area contributed by atoms with Crippen molar-refractivity contribution in [2.24, 2.45) is 0 Å². The highest BCUT2D eigenvalue weighted by molar-refractivity contribution is 5.45. The van der Waals surface area contributed by atoms with Crippen LogP contribution >= 0.6 is 0 Å². The molecule has 2 aromatic rings. The maximum absolute atomic E-state index is 5.60. The maximum atomic E-state index is 5.60. The zero-order chi connectivity index (χ0) is 14.9. The van der Waals surface area contributed by atoms with Gasteiger partial charge in [0.25, 0.3) is 0 Å². The molecule has 0 saturated heterocycles. The molecule has 1 unspecified atom stereocenters. The van der Waals surface area contributed by atoms with Crippen LogP contribution in [0.2, 0.25) is 0 Å². The smallest absolute Gasteiger partial charge is 0.123 e. The quantitative estimate of drug-likeness (QED) is 0.894. The zero-order valence-corrected chi connectivity index (χ0v) is 13.0. The maximum Gasteiger partial charge on any atom is 0.123 e. The van der Waals surface area contributed by atoms with Gasteiger partial charge in [-0.25, -0.2) is 0 Å². The van der Waals surface area contributed by atoms with Crippen molar-refractivity contribution < 1.29 is 4.74 Å². The highest BCUT2D eigenvalue weighted by Crippen LogP contribution is 2.57. The number of hydrogen-bond donors (Lipinski definition) is 1. The first-order valence-corrected chi connectivity index (χ1v) is 7.58. The molecule has 3 rings (SSSR count). The van der Waals surface area contributed by atoms with E-state index in [-0.39, 0.29) is 11.5 Å². The Bertz CT molecular complexity index is 617. The lowest BCUT2D eigenvalue weighted by Gasteiger charge is -2.29. The normalized spacial score (nSPS) is 17.3. The molecule has 1 atom stereocenters. The van der Waals surface area contributed by atoms with Gasteiger partial charge in [-0.3, -0.25) is 0 Å². The van der Waals surface area contributed by atoms with Gasteiger partial charge in [-0.15, -0.1) is 0 Å². The van der Waals surface area contributed by atoms with Crippen LogP contribution in [-0.2, 0) is 5.41 Å². The van der Waals surface area contributed by atoms with Gasteiger partial charge >= 0.3 is 0 Å². The molecule has 21 heavy (non-hydrogen) atoms. The molecule has 0 bridgehead atoms. The highest BCUT2D eigenvalue weighted by Gasteiger charge is 2.51. The Morgan fingerprint density at radius 1 is 1.10 bits per heavy atom. The molecule has 0 aromatic heterocycles. The number of hydrogen-bond acceptors (Lipinski definition) is 2. The lowest BCUT2D eigenvalue weighted by molar-refractivity contribution is 0.386. The minimum atomic E-state index is 0.205. The molecular formula is C19H23NO. The fourth-order valence-electron chi connectivity index (χ4n) is 3.46. The van der Waals surface area contributed by atoms with Crippen molar-refractivity contribution in [2.75, 3.05) is 14.2 Å². The van der Waals surface area contributed by atoms with Crippen molar-refractivity contribution in [3.8, 4) is 5.75 Å². The topological polar surface area (TPSA) is 21.3 Å². The van der Waals surface area contributed by atoms with Gasteiger partial charge in [-0.05, 0) is 38.4 Å². The summed E-state index contributed by atoms with van der Waals surface area (Å²) in [6.45, 7) is 2.14. The summed E-state index contributed by atoms with van der Waals surface area (Å²) >= 11 is 0. The van der Waals surface area contributed by atoms with Crippen LogP contribution < -0.4 is 10.1 Å². The van der Waals surface area contributed by atoms with Crippen LogP contribution in [0.3, 0.4) is 0 Å². The Kier molecular flexibility index (Phi) is 3.73. The lowest BCUT2D eigenvalue weighted by atomic mass is 9.83. The number of aryl methyl sites for hydroxylation is 1. The third-order valence-corrected chi connectivity index (χ3v) is 4.67. The molecule has 110 valence electrons. The summed E-state index contributed by atoms with van der Waals surface area (Å²) in [7, 11) is 3.80.